The van der Waals surface area contributed by atoms with E-state index in [1.54, 1.807) is 0 Å². The fraction of sp³-hybridized carbons (Fsp3) is 1.00. The van der Waals surface area contributed by atoms with Gasteiger partial charge >= 0.3 is 0 Å². The van der Waals surface area contributed by atoms with Gasteiger partial charge in [0.25, 0.3) is 0 Å². The Hall–Kier alpha value is -0.120. The van der Waals surface area contributed by atoms with E-state index in [1.807, 2.05) is 0 Å². The monoisotopic (exact) mass is 282 g/mol. The van der Waals surface area contributed by atoms with Gasteiger partial charge in [0.2, 0.25) is 0 Å². The van der Waals surface area contributed by atoms with Gasteiger partial charge in [-0.2, -0.15) is 0 Å². The summed E-state index contributed by atoms with van der Waals surface area (Å²) in [6, 6.07) is 0.426. The van der Waals surface area contributed by atoms with Gasteiger partial charge in [0.05, 0.1) is 6.10 Å². The summed E-state index contributed by atoms with van der Waals surface area (Å²) in [7, 11) is 0. The lowest BCUT2D eigenvalue weighted by Crippen LogP contribution is -2.50. The SMILES string of the molecule is CC(C)(C)NCC1CCCN(C2CCCCCC2O)C1. The van der Waals surface area contributed by atoms with Crippen molar-refractivity contribution in [1.82, 2.24) is 10.2 Å². The van der Waals surface area contributed by atoms with Crippen LogP contribution in [0.1, 0.15) is 65.7 Å². The molecule has 20 heavy (non-hydrogen) atoms. The van der Waals surface area contributed by atoms with E-state index in [1.165, 1.54) is 51.6 Å². The molecule has 1 saturated carbocycles. The summed E-state index contributed by atoms with van der Waals surface area (Å²) in [4.78, 5) is 2.59. The first-order valence-corrected chi connectivity index (χ1v) is 8.63. The fourth-order valence-electron chi connectivity index (χ4n) is 3.71. The molecule has 3 unspecified atom stereocenters. The normalized spacial score (nSPS) is 33.9. The van der Waals surface area contributed by atoms with Gasteiger partial charge in [-0.1, -0.05) is 19.3 Å². The summed E-state index contributed by atoms with van der Waals surface area (Å²) in [5.74, 6) is 0.749. The van der Waals surface area contributed by atoms with Crippen molar-refractivity contribution in [2.75, 3.05) is 19.6 Å². The van der Waals surface area contributed by atoms with E-state index in [-0.39, 0.29) is 11.6 Å². The number of nitrogens with one attached hydrogen (secondary N) is 1. The van der Waals surface area contributed by atoms with Gasteiger partial charge in [0, 0.05) is 18.1 Å². The number of hydrogen-bond acceptors (Lipinski definition) is 3. The van der Waals surface area contributed by atoms with E-state index in [4.69, 9.17) is 0 Å². The summed E-state index contributed by atoms with van der Waals surface area (Å²) in [6.07, 6.45) is 8.54. The number of rotatable bonds is 3. The molecular weight excluding hydrogens is 248 g/mol. The zero-order valence-corrected chi connectivity index (χ0v) is 13.7. The molecule has 0 aromatic carbocycles. The molecule has 1 aliphatic heterocycles. The molecule has 3 atom stereocenters. The van der Waals surface area contributed by atoms with Crippen LogP contribution in [0.5, 0.6) is 0 Å². The Bertz CT molecular complexity index is 287. The summed E-state index contributed by atoms with van der Waals surface area (Å²) in [6.45, 7) is 10.2. The molecule has 0 spiro atoms. The molecule has 1 saturated heterocycles. The molecule has 0 aromatic rings. The van der Waals surface area contributed by atoms with E-state index in [0.29, 0.717) is 6.04 Å². The summed E-state index contributed by atoms with van der Waals surface area (Å²) < 4.78 is 0. The van der Waals surface area contributed by atoms with Crippen molar-refractivity contribution in [3.8, 4) is 0 Å². The lowest BCUT2D eigenvalue weighted by Gasteiger charge is -2.40. The molecule has 3 nitrogen and oxygen atoms in total. The quantitative estimate of drug-likeness (QED) is 0.781. The Morgan fingerprint density at radius 3 is 2.55 bits per heavy atom. The minimum atomic E-state index is -0.0909. The van der Waals surface area contributed by atoms with Gasteiger partial charge in [0.1, 0.15) is 0 Å². The Balaban J connectivity index is 1.85. The minimum Gasteiger partial charge on any atom is -0.391 e. The zero-order valence-electron chi connectivity index (χ0n) is 13.7. The van der Waals surface area contributed by atoms with Crippen molar-refractivity contribution in [3.63, 3.8) is 0 Å². The van der Waals surface area contributed by atoms with Crippen LogP contribution in [-0.2, 0) is 0 Å². The van der Waals surface area contributed by atoms with Crippen molar-refractivity contribution < 1.29 is 5.11 Å². The summed E-state index contributed by atoms with van der Waals surface area (Å²) in [5.41, 5.74) is 0.212. The number of aliphatic hydroxyl groups excluding tert-OH is 1. The Morgan fingerprint density at radius 1 is 1.05 bits per heavy atom. The maximum absolute atomic E-state index is 10.4. The predicted octanol–water partition coefficient (Wildman–Crippen LogP) is 2.78. The molecule has 0 bridgehead atoms. The molecule has 2 rings (SSSR count). The van der Waals surface area contributed by atoms with E-state index >= 15 is 0 Å². The largest absolute Gasteiger partial charge is 0.391 e. The van der Waals surface area contributed by atoms with Gasteiger partial charge < -0.3 is 10.4 Å². The van der Waals surface area contributed by atoms with Gasteiger partial charge in [0.15, 0.2) is 0 Å². The molecule has 0 aromatic heterocycles. The van der Waals surface area contributed by atoms with Crippen LogP contribution in [-0.4, -0.2) is 47.3 Å². The second kappa shape index (κ2) is 7.24. The number of aliphatic hydroxyl groups is 1. The van der Waals surface area contributed by atoms with Gasteiger partial charge in [-0.3, -0.25) is 4.90 Å². The van der Waals surface area contributed by atoms with Gasteiger partial charge in [-0.25, -0.2) is 0 Å². The summed E-state index contributed by atoms with van der Waals surface area (Å²) in [5, 5.41) is 14.0. The first kappa shape index (κ1) is 16.3. The molecular formula is C17H34N2O. The lowest BCUT2D eigenvalue weighted by molar-refractivity contribution is 0.0201. The topological polar surface area (TPSA) is 35.5 Å². The number of nitrogens with zero attached hydrogens (tertiary/aromatic N) is 1. The van der Waals surface area contributed by atoms with Crippen molar-refractivity contribution in [1.29, 1.82) is 0 Å². The maximum atomic E-state index is 10.4. The van der Waals surface area contributed by atoms with Crippen LogP contribution in [0.15, 0.2) is 0 Å². The zero-order chi connectivity index (χ0) is 14.6. The highest BCUT2D eigenvalue weighted by Crippen LogP contribution is 2.27. The van der Waals surface area contributed by atoms with E-state index in [9.17, 15) is 5.11 Å². The highest BCUT2D eigenvalue weighted by atomic mass is 16.3. The van der Waals surface area contributed by atoms with Crippen molar-refractivity contribution >= 4 is 0 Å². The van der Waals surface area contributed by atoms with Crippen LogP contribution >= 0.6 is 0 Å². The van der Waals surface area contributed by atoms with Crippen molar-refractivity contribution in [3.05, 3.63) is 0 Å². The van der Waals surface area contributed by atoms with E-state index < -0.39 is 0 Å². The fourth-order valence-corrected chi connectivity index (χ4v) is 3.71. The van der Waals surface area contributed by atoms with Crippen LogP contribution in [0.3, 0.4) is 0 Å². The van der Waals surface area contributed by atoms with Crippen molar-refractivity contribution in [2.24, 2.45) is 5.92 Å². The number of piperidine rings is 1. The molecule has 2 aliphatic rings. The summed E-state index contributed by atoms with van der Waals surface area (Å²) >= 11 is 0. The third-order valence-corrected chi connectivity index (χ3v) is 4.88. The smallest absolute Gasteiger partial charge is 0.0695 e. The molecule has 2 N–H and O–H groups in total. The predicted molar refractivity (Wildman–Crippen MR) is 84.9 cm³/mol. The lowest BCUT2D eigenvalue weighted by atomic mass is 9.93. The molecule has 2 fully saturated rings. The van der Waals surface area contributed by atoms with Crippen LogP contribution in [0.2, 0.25) is 0 Å². The van der Waals surface area contributed by atoms with Crippen molar-refractivity contribution in [2.45, 2.75) is 83.4 Å². The van der Waals surface area contributed by atoms with Crippen LogP contribution in [0.4, 0.5) is 0 Å². The second-order valence-corrected chi connectivity index (χ2v) is 7.91. The van der Waals surface area contributed by atoms with Gasteiger partial charge in [-0.05, 0) is 65.5 Å². The first-order chi connectivity index (χ1) is 9.46. The van der Waals surface area contributed by atoms with Crippen LogP contribution in [0, 0.1) is 5.92 Å². The standard InChI is InChI=1S/C17H34N2O/c1-17(2,3)18-12-14-8-7-11-19(13-14)15-9-5-4-6-10-16(15)20/h14-16,18,20H,4-13H2,1-3H3. The highest BCUT2D eigenvalue weighted by Gasteiger charge is 2.31. The molecule has 118 valence electrons. The number of hydrogen-bond donors (Lipinski definition) is 2. The van der Waals surface area contributed by atoms with Crippen LogP contribution < -0.4 is 5.32 Å². The van der Waals surface area contributed by atoms with Gasteiger partial charge in [-0.15, -0.1) is 0 Å². The molecule has 3 heteroatoms. The average Bonchev–Trinajstić information content (AvgIpc) is 2.61. The minimum absolute atomic E-state index is 0.0909. The van der Waals surface area contributed by atoms with E-state index in [2.05, 4.69) is 31.0 Å². The number of likely N-dealkylation sites (tertiary alicyclic amines) is 1. The molecule has 1 heterocycles. The maximum Gasteiger partial charge on any atom is 0.0695 e. The van der Waals surface area contributed by atoms with E-state index in [0.717, 1.165) is 18.9 Å². The first-order valence-electron chi connectivity index (χ1n) is 8.63. The molecule has 0 amide bonds. The van der Waals surface area contributed by atoms with Crippen LogP contribution in [0.25, 0.3) is 0 Å². The third-order valence-electron chi connectivity index (χ3n) is 4.88. The Kier molecular flexibility index (Phi) is 5.88. The molecule has 1 aliphatic carbocycles. The molecule has 0 radical (unpaired) electrons. The Morgan fingerprint density at radius 2 is 1.80 bits per heavy atom. The third kappa shape index (κ3) is 5.01. The second-order valence-electron chi connectivity index (χ2n) is 7.91. The average molecular weight is 282 g/mol. The Labute approximate surface area is 125 Å². The highest BCUT2D eigenvalue weighted by molar-refractivity contribution is 4.86.